The lowest BCUT2D eigenvalue weighted by Gasteiger charge is -2.39. The number of piperidine rings is 1. The summed E-state index contributed by atoms with van der Waals surface area (Å²) in [7, 11) is 0. The molecular weight excluding hydrogens is 332 g/mol. The molecule has 1 amide bonds. The van der Waals surface area contributed by atoms with Gasteiger partial charge in [0.15, 0.2) is 5.15 Å². The highest BCUT2D eigenvalue weighted by Gasteiger charge is 2.42. The third-order valence-corrected chi connectivity index (χ3v) is 4.58. The van der Waals surface area contributed by atoms with Crippen LogP contribution in [0.15, 0.2) is 22.2 Å². The highest BCUT2D eigenvalue weighted by atomic mass is 35.5. The van der Waals surface area contributed by atoms with Gasteiger partial charge in [0.2, 0.25) is 5.91 Å². The Morgan fingerprint density at radius 2 is 2.25 bits per heavy atom. The molecule has 7 heteroatoms. The van der Waals surface area contributed by atoms with Gasteiger partial charge in [0.05, 0.1) is 5.41 Å². The average molecular weight is 355 g/mol. The molecule has 1 N–H and O–H groups in total. The first-order valence-electron chi connectivity index (χ1n) is 8.08. The lowest BCUT2D eigenvalue weighted by molar-refractivity contribution is -0.154. The summed E-state index contributed by atoms with van der Waals surface area (Å²) in [5.74, 6) is -0.344. The van der Waals surface area contributed by atoms with E-state index in [0.717, 1.165) is 5.57 Å². The van der Waals surface area contributed by atoms with Gasteiger partial charge in [-0.3, -0.25) is 9.59 Å². The summed E-state index contributed by atoms with van der Waals surface area (Å²) in [6, 6.07) is 1.58. The zero-order valence-corrected chi connectivity index (χ0v) is 14.8. The lowest BCUT2D eigenvalue weighted by atomic mass is 9.76. The van der Waals surface area contributed by atoms with Crippen LogP contribution < -0.4 is 0 Å². The Bertz CT molecular complexity index is 636. The van der Waals surface area contributed by atoms with Gasteiger partial charge in [-0.15, -0.1) is 0 Å². The summed E-state index contributed by atoms with van der Waals surface area (Å²) in [5, 5.41) is 13.5. The number of hydrogen-bond donors (Lipinski definition) is 1. The van der Waals surface area contributed by atoms with Crippen molar-refractivity contribution in [3.8, 4) is 0 Å². The Morgan fingerprint density at radius 3 is 2.83 bits per heavy atom. The van der Waals surface area contributed by atoms with Crippen LogP contribution in [-0.2, 0) is 16.0 Å². The summed E-state index contributed by atoms with van der Waals surface area (Å²) >= 11 is 5.69. The van der Waals surface area contributed by atoms with Crippen LogP contribution in [0.3, 0.4) is 0 Å². The van der Waals surface area contributed by atoms with Crippen molar-refractivity contribution in [3.05, 3.63) is 28.6 Å². The number of halogens is 1. The second kappa shape index (κ2) is 7.83. The minimum atomic E-state index is -0.888. The van der Waals surface area contributed by atoms with E-state index in [1.54, 1.807) is 11.0 Å². The maximum atomic E-state index is 12.4. The SMILES string of the molecule is CC(C)=CC[C@@]1(C(=O)O)CCCN(C(=O)CCc2cc(Cl)no2)C1. The number of carboxylic acid groups (broad SMARTS) is 1. The van der Waals surface area contributed by atoms with Crippen molar-refractivity contribution in [1.29, 1.82) is 0 Å². The molecular formula is C17H23ClN2O4. The average Bonchev–Trinajstić information content (AvgIpc) is 2.96. The molecule has 1 saturated heterocycles. The molecule has 0 bridgehead atoms. The highest BCUT2D eigenvalue weighted by Crippen LogP contribution is 2.35. The predicted molar refractivity (Wildman–Crippen MR) is 89.8 cm³/mol. The molecule has 2 heterocycles. The van der Waals surface area contributed by atoms with Gasteiger partial charge in [-0.1, -0.05) is 28.4 Å². The maximum Gasteiger partial charge on any atom is 0.311 e. The standard InChI is InChI=1S/C17H23ClN2O4/c1-12(2)6-8-17(16(22)23)7-3-9-20(11-17)15(21)5-4-13-10-14(18)19-24-13/h6,10H,3-5,7-9,11H2,1-2H3,(H,22,23)/t17-/m0/s1. The number of aryl methyl sites for hydroxylation is 1. The van der Waals surface area contributed by atoms with Crippen LogP contribution in [0.4, 0.5) is 0 Å². The Hall–Kier alpha value is -1.82. The molecule has 1 aromatic heterocycles. The smallest absolute Gasteiger partial charge is 0.311 e. The molecule has 132 valence electrons. The van der Waals surface area contributed by atoms with E-state index in [1.165, 1.54) is 0 Å². The molecule has 2 rings (SSSR count). The van der Waals surface area contributed by atoms with Crippen LogP contribution in [0.5, 0.6) is 0 Å². The van der Waals surface area contributed by atoms with E-state index in [0.29, 0.717) is 38.0 Å². The number of aliphatic carboxylic acids is 1. The van der Waals surface area contributed by atoms with Crippen LogP contribution in [0.25, 0.3) is 0 Å². The number of nitrogens with zero attached hydrogens (tertiary/aromatic N) is 2. The number of rotatable bonds is 6. The largest absolute Gasteiger partial charge is 0.481 e. The quantitative estimate of drug-likeness (QED) is 0.792. The van der Waals surface area contributed by atoms with E-state index in [2.05, 4.69) is 5.16 Å². The molecule has 6 nitrogen and oxygen atoms in total. The molecule has 1 aliphatic rings. The molecule has 1 atom stereocenters. The second-order valence-electron chi connectivity index (χ2n) is 6.61. The molecule has 1 aromatic rings. The fourth-order valence-electron chi connectivity index (χ4n) is 2.97. The molecule has 0 radical (unpaired) electrons. The van der Waals surface area contributed by atoms with Gasteiger partial charge < -0.3 is 14.5 Å². The fourth-order valence-corrected chi connectivity index (χ4v) is 3.12. The second-order valence-corrected chi connectivity index (χ2v) is 6.99. The number of carbonyl (C=O) groups is 2. The summed E-state index contributed by atoms with van der Waals surface area (Å²) in [4.78, 5) is 25.9. The first-order chi connectivity index (χ1) is 11.3. The first-order valence-corrected chi connectivity index (χ1v) is 8.46. The normalized spacial score (nSPS) is 20.7. The molecule has 0 unspecified atom stereocenters. The number of aromatic nitrogens is 1. The minimum absolute atomic E-state index is 0.0648. The zero-order valence-electron chi connectivity index (χ0n) is 14.0. The fraction of sp³-hybridized carbons (Fsp3) is 0.588. The number of hydrogen-bond acceptors (Lipinski definition) is 4. The summed E-state index contributed by atoms with van der Waals surface area (Å²) in [5.41, 5.74) is 0.196. The van der Waals surface area contributed by atoms with Gasteiger partial charge in [0.1, 0.15) is 5.76 Å². The van der Waals surface area contributed by atoms with E-state index < -0.39 is 11.4 Å². The Morgan fingerprint density at radius 1 is 1.50 bits per heavy atom. The molecule has 0 spiro atoms. The van der Waals surface area contributed by atoms with E-state index in [-0.39, 0.29) is 24.0 Å². The monoisotopic (exact) mass is 354 g/mol. The van der Waals surface area contributed by atoms with Crippen LogP contribution in [0.1, 0.15) is 45.3 Å². The zero-order chi connectivity index (χ0) is 17.7. The van der Waals surface area contributed by atoms with Gasteiger partial charge in [-0.2, -0.15) is 0 Å². The van der Waals surface area contributed by atoms with Crippen LogP contribution in [0.2, 0.25) is 5.15 Å². The number of amides is 1. The number of allylic oxidation sites excluding steroid dienone is 2. The predicted octanol–water partition coefficient (Wildman–Crippen LogP) is 3.31. The Kier molecular flexibility index (Phi) is 6.04. The molecule has 1 aliphatic heterocycles. The maximum absolute atomic E-state index is 12.4. The molecule has 24 heavy (non-hydrogen) atoms. The van der Waals surface area contributed by atoms with Gasteiger partial charge in [0, 0.05) is 32.0 Å². The third kappa shape index (κ3) is 4.60. The van der Waals surface area contributed by atoms with Crippen LogP contribution >= 0.6 is 11.6 Å². The molecule has 1 fully saturated rings. The van der Waals surface area contributed by atoms with E-state index in [4.69, 9.17) is 16.1 Å². The third-order valence-electron chi connectivity index (χ3n) is 4.40. The number of carboxylic acids is 1. The van der Waals surface area contributed by atoms with Crippen LogP contribution in [0, 0.1) is 5.41 Å². The Balaban J connectivity index is 2.00. The Labute approximate surface area is 146 Å². The summed E-state index contributed by atoms with van der Waals surface area (Å²) in [6.45, 7) is 4.75. The van der Waals surface area contributed by atoms with Crippen molar-refractivity contribution in [2.75, 3.05) is 13.1 Å². The van der Waals surface area contributed by atoms with Crippen molar-refractivity contribution >= 4 is 23.5 Å². The van der Waals surface area contributed by atoms with E-state index >= 15 is 0 Å². The molecule has 0 aromatic carbocycles. The lowest BCUT2D eigenvalue weighted by Crippen LogP contribution is -2.49. The number of carbonyl (C=O) groups excluding carboxylic acids is 1. The van der Waals surface area contributed by atoms with Gasteiger partial charge in [0.25, 0.3) is 0 Å². The van der Waals surface area contributed by atoms with Crippen molar-refractivity contribution in [2.45, 2.75) is 46.0 Å². The van der Waals surface area contributed by atoms with Crippen LogP contribution in [-0.4, -0.2) is 40.1 Å². The number of likely N-dealkylation sites (tertiary alicyclic amines) is 1. The van der Waals surface area contributed by atoms with Gasteiger partial charge in [-0.05, 0) is 33.1 Å². The molecule has 0 saturated carbocycles. The molecule has 0 aliphatic carbocycles. The van der Waals surface area contributed by atoms with Crippen molar-refractivity contribution in [3.63, 3.8) is 0 Å². The van der Waals surface area contributed by atoms with Gasteiger partial charge >= 0.3 is 5.97 Å². The summed E-state index contributed by atoms with van der Waals surface area (Å²) < 4.78 is 4.99. The van der Waals surface area contributed by atoms with E-state index in [1.807, 2.05) is 19.9 Å². The van der Waals surface area contributed by atoms with Crippen molar-refractivity contribution < 1.29 is 19.2 Å². The topological polar surface area (TPSA) is 83.6 Å². The minimum Gasteiger partial charge on any atom is -0.481 e. The van der Waals surface area contributed by atoms with Crippen molar-refractivity contribution in [2.24, 2.45) is 5.41 Å². The highest BCUT2D eigenvalue weighted by molar-refractivity contribution is 6.29. The summed E-state index contributed by atoms with van der Waals surface area (Å²) in [6.07, 6.45) is 4.34. The van der Waals surface area contributed by atoms with Crippen molar-refractivity contribution in [1.82, 2.24) is 10.1 Å². The first kappa shape index (κ1) is 18.5. The van der Waals surface area contributed by atoms with E-state index in [9.17, 15) is 14.7 Å². The van der Waals surface area contributed by atoms with Gasteiger partial charge in [-0.25, -0.2) is 0 Å².